The van der Waals surface area contributed by atoms with Gasteiger partial charge in [-0.3, -0.25) is 0 Å². The van der Waals surface area contributed by atoms with Gasteiger partial charge >= 0.3 is 0 Å². The Balaban J connectivity index is 1.67. The standard InChI is InChI=1S/C21H26N2O3S/c1-24-18-12-15(13-19(25-2)20(18)26-3)8-7-11-23-17(14-22-21(23)27)16-9-5-4-6-10-16/h4-6,9-10,12-13,17H,7-8,11,14H2,1-3H3,(H,22,27)/t17-/m1/s1. The van der Waals surface area contributed by atoms with E-state index in [9.17, 15) is 0 Å². The SMILES string of the molecule is COc1cc(CCCN2C(=S)NC[C@@H]2c2ccccc2)cc(OC)c1OC. The van der Waals surface area contributed by atoms with Gasteiger partial charge in [-0.15, -0.1) is 0 Å². The second-order valence-electron chi connectivity index (χ2n) is 6.44. The maximum Gasteiger partial charge on any atom is 0.203 e. The Bertz CT molecular complexity index is 757. The minimum Gasteiger partial charge on any atom is -0.493 e. The Morgan fingerprint density at radius 1 is 1.04 bits per heavy atom. The molecule has 1 aliphatic heterocycles. The second-order valence-corrected chi connectivity index (χ2v) is 6.83. The summed E-state index contributed by atoms with van der Waals surface area (Å²) in [5.74, 6) is 2.00. The van der Waals surface area contributed by atoms with Crippen molar-refractivity contribution in [3.63, 3.8) is 0 Å². The minimum atomic E-state index is 0.290. The highest BCUT2D eigenvalue weighted by molar-refractivity contribution is 7.80. The van der Waals surface area contributed by atoms with Crippen LogP contribution in [0.4, 0.5) is 0 Å². The van der Waals surface area contributed by atoms with Crippen LogP contribution >= 0.6 is 12.2 Å². The van der Waals surface area contributed by atoms with Crippen LogP contribution in [0.15, 0.2) is 42.5 Å². The van der Waals surface area contributed by atoms with Gasteiger partial charge < -0.3 is 24.4 Å². The summed E-state index contributed by atoms with van der Waals surface area (Å²) in [6.45, 7) is 1.75. The van der Waals surface area contributed by atoms with Crippen LogP contribution in [-0.2, 0) is 6.42 Å². The van der Waals surface area contributed by atoms with E-state index in [1.54, 1.807) is 21.3 Å². The Morgan fingerprint density at radius 3 is 2.30 bits per heavy atom. The first-order valence-electron chi connectivity index (χ1n) is 9.06. The van der Waals surface area contributed by atoms with Gasteiger partial charge in [0.2, 0.25) is 5.75 Å². The smallest absolute Gasteiger partial charge is 0.203 e. The van der Waals surface area contributed by atoms with Crippen LogP contribution in [0.3, 0.4) is 0 Å². The largest absolute Gasteiger partial charge is 0.493 e. The molecular weight excluding hydrogens is 360 g/mol. The number of hydrogen-bond donors (Lipinski definition) is 1. The lowest BCUT2D eigenvalue weighted by Crippen LogP contribution is -2.30. The maximum absolute atomic E-state index is 5.52. The van der Waals surface area contributed by atoms with Gasteiger partial charge in [-0.05, 0) is 48.3 Å². The number of benzene rings is 2. The molecule has 0 bridgehead atoms. The van der Waals surface area contributed by atoms with Crippen LogP contribution in [0.25, 0.3) is 0 Å². The highest BCUT2D eigenvalue weighted by Gasteiger charge is 2.28. The summed E-state index contributed by atoms with van der Waals surface area (Å²) in [4.78, 5) is 2.28. The molecule has 2 aromatic carbocycles. The van der Waals surface area contributed by atoms with E-state index < -0.39 is 0 Å². The van der Waals surface area contributed by atoms with Crippen LogP contribution in [0.2, 0.25) is 0 Å². The number of aryl methyl sites for hydroxylation is 1. The van der Waals surface area contributed by atoms with Crippen LogP contribution in [0.1, 0.15) is 23.6 Å². The van der Waals surface area contributed by atoms with Crippen molar-refractivity contribution >= 4 is 17.3 Å². The van der Waals surface area contributed by atoms with Gasteiger partial charge in [0.05, 0.1) is 27.4 Å². The topological polar surface area (TPSA) is 43.0 Å². The van der Waals surface area contributed by atoms with E-state index in [0.29, 0.717) is 23.3 Å². The van der Waals surface area contributed by atoms with Crippen molar-refractivity contribution in [2.45, 2.75) is 18.9 Å². The molecule has 1 fully saturated rings. The van der Waals surface area contributed by atoms with Crippen LogP contribution < -0.4 is 19.5 Å². The average Bonchev–Trinajstić information content (AvgIpc) is 3.08. The highest BCUT2D eigenvalue weighted by atomic mass is 32.1. The maximum atomic E-state index is 5.52. The van der Waals surface area contributed by atoms with Crippen molar-refractivity contribution in [3.05, 3.63) is 53.6 Å². The van der Waals surface area contributed by atoms with E-state index in [4.69, 9.17) is 26.4 Å². The monoisotopic (exact) mass is 386 g/mol. The number of thiocarbonyl (C=S) groups is 1. The fraction of sp³-hybridized carbons (Fsp3) is 0.381. The molecule has 144 valence electrons. The summed E-state index contributed by atoms with van der Waals surface area (Å²) >= 11 is 5.52. The summed E-state index contributed by atoms with van der Waals surface area (Å²) in [6.07, 6.45) is 1.88. The third-order valence-electron chi connectivity index (χ3n) is 4.86. The molecule has 1 N–H and O–H groups in total. The number of hydrogen-bond acceptors (Lipinski definition) is 4. The quantitative estimate of drug-likeness (QED) is 0.700. The van der Waals surface area contributed by atoms with Gasteiger partial charge in [0.1, 0.15) is 0 Å². The molecule has 3 rings (SSSR count). The molecule has 2 aromatic rings. The van der Waals surface area contributed by atoms with Crippen LogP contribution in [0.5, 0.6) is 17.2 Å². The average molecular weight is 387 g/mol. The van der Waals surface area contributed by atoms with Crippen molar-refractivity contribution in [2.24, 2.45) is 0 Å². The van der Waals surface area contributed by atoms with E-state index in [2.05, 4.69) is 34.5 Å². The number of methoxy groups -OCH3 is 3. The van der Waals surface area contributed by atoms with Gasteiger partial charge in [0.15, 0.2) is 16.6 Å². The number of nitrogens with zero attached hydrogens (tertiary/aromatic N) is 1. The third-order valence-corrected chi connectivity index (χ3v) is 5.24. The lowest BCUT2D eigenvalue weighted by molar-refractivity contribution is 0.323. The molecule has 0 amide bonds. The Labute approximate surface area is 166 Å². The Hall–Kier alpha value is -2.47. The van der Waals surface area contributed by atoms with E-state index in [0.717, 1.165) is 36.6 Å². The molecule has 0 saturated carbocycles. The molecule has 27 heavy (non-hydrogen) atoms. The molecule has 0 aromatic heterocycles. The zero-order chi connectivity index (χ0) is 19.2. The zero-order valence-electron chi connectivity index (χ0n) is 16.0. The summed E-state index contributed by atoms with van der Waals surface area (Å²) < 4.78 is 16.3. The van der Waals surface area contributed by atoms with Crippen molar-refractivity contribution in [3.8, 4) is 17.2 Å². The van der Waals surface area contributed by atoms with Crippen molar-refractivity contribution in [1.29, 1.82) is 0 Å². The summed E-state index contributed by atoms with van der Waals surface area (Å²) in [7, 11) is 4.89. The normalized spacial score (nSPS) is 16.2. The van der Waals surface area contributed by atoms with Gasteiger partial charge in [-0.1, -0.05) is 30.3 Å². The summed E-state index contributed by atoms with van der Waals surface area (Å²) in [5.41, 5.74) is 2.44. The molecule has 5 nitrogen and oxygen atoms in total. The molecule has 0 aliphatic carbocycles. The van der Waals surface area contributed by atoms with Crippen molar-refractivity contribution in [2.75, 3.05) is 34.4 Å². The molecule has 0 spiro atoms. The summed E-state index contributed by atoms with van der Waals surface area (Å²) in [5, 5.41) is 4.15. The van der Waals surface area contributed by atoms with E-state index in [1.165, 1.54) is 5.56 Å². The molecular formula is C21H26N2O3S. The number of rotatable bonds is 8. The first-order chi connectivity index (χ1) is 13.2. The van der Waals surface area contributed by atoms with E-state index >= 15 is 0 Å². The molecule has 1 saturated heterocycles. The van der Waals surface area contributed by atoms with Crippen LogP contribution in [-0.4, -0.2) is 44.4 Å². The fourth-order valence-electron chi connectivity index (χ4n) is 3.50. The van der Waals surface area contributed by atoms with Crippen molar-refractivity contribution < 1.29 is 14.2 Å². The molecule has 1 aliphatic rings. The predicted octanol–water partition coefficient (Wildman–Crippen LogP) is 3.58. The number of ether oxygens (including phenoxy) is 3. The summed E-state index contributed by atoms with van der Waals surface area (Å²) in [6, 6.07) is 14.8. The molecule has 6 heteroatoms. The second kappa shape index (κ2) is 8.95. The lowest BCUT2D eigenvalue weighted by Gasteiger charge is -2.25. The first kappa shape index (κ1) is 19.3. The molecule has 1 atom stereocenters. The van der Waals surface area contributed by atoms with Gasteiger partial charge in [0, 0.05) is 13.1 Å². The lowest BCUT2D eigenvalue weighted by atomic mass is 10.1. The van der Waals surface area contributed by atoms with Crippen molar-refractivity contribution in [1.82, 2.24) is 10.2 Å². The van der Waals surface area contributed by atoms with E-state index in [-0.39, 0.29) is 0 Å². The minimum absolute atomic E-state index is 0.290. The fourth-order valence-corrected chi connectivity index (χ4v) is 3.80. The number of nitrogens with one attached hydrogen (secondary N) is 1. The molecule has 0 radical (unpaired) electrons. The molecule has 0 unspecified atom stereocenters. The predicted molar refractivity (Wildman–Crippen MR) is 111 cm³/mol. The Morgan fingerprint density at radius 2 is 1.70 bits per heavy atom. The zero-order valence-corrected chi connectivity index (χ0v) is 16.8. The molecule has 1 heterocycles. The first-order valence-corrected chi connectivity index (χ1v) is 9.47. The third kappa shape index (κ3) is 4.27. The van der Waals surface area contributed by atoms with Crippen LogP contribution in [0, 0.1) is 0 Å². The van der Waals surface area contributed by atoms with Gasteiger partial charge in [0.25, 0.3) is 0 Å². The Kier molecular flexibility index (Phi) is 6.40. The van der Waals surface area contributed by atoms with E-state index in [1.807, 2.05) is 18.2 Å². The van der Waals surface area contributed by atoms with Gasteiger partial charge in [-0.25, -0.2) is 0 Å². The highest BCUT2D eigenvalue weighted by Crippen LogP contribution is 2.38. The van der Waals surface area contributed by atoms with Gasteiger partial charge in [-0.2, -0.15) is 0 Å².